The zero-order valence-corrected chi connectivity index (χ0v) is 11.9. The van der Waals surface area contributed by atoms with Gasteiger partial charge >= 0.3 is 5.97 Å². The summed E-state index contributed by atoms with van der Waals surface area (Å²) in [6.45, 7) is 2.02. The smallest absolute Gasteiger partial charge is 0.353 e. The van der Waals surface area contributed by atoms with Crippen LogP contribution in [0, 0.1) is 6.92 Å². The monoisotopic (exact) mass is 294 g/mol. The van der Waals surface area contributed by atoms with E-state index in [1.807, 2.05) is 55.5 Å². The Labute approximate surface area is 127 Å². The van der Waals surface area contributed by atoms with E-state index in [2.05, 4.69) is 10.2 Å². The molecule has 0 bridgehead atoms. The molecule has 2 N–H and O–H groups in total. The topological polar surface area (TPSA) is 75.2 Å². The quantitative estimate of drug-likeness (QED) is 0.765. The normalized spacial score (nSPS) is 10.4. The Morgan fingerprint density at radius 1 is 1.05 bits per heavy atom. The number of H-pyrrole nitrogens is 1. The van der Waals surface area contributed by atoms with Crippen molar-refractivity contribution in [2.75, 3.05) is 0 Å². The van der Waals surface area contributed by atoms with Crippen molar-refractivity contribution < 1.29 is 14.6 Å². The lowest BCUT2D eigenvalue weighted by Gasteiger charge is -2.06. The number of ether oxygens (including phenoxy) is 1. The van der Waals surface area contributed by atoms with Crippen LogP contribution in [0.3, 0.4) is 0 Å². The number of nitrogens with one attached hydrogen (secondary N) is 1. The molecule has 3 rings (SSSR count). The maximum absolute atomic E-state index is 10.8. The van der Waals surface area contributed by atoms with Gasteiger partial charge in [0.15, 0.2) is 0 Å². The summed E-state index contributed by atoms with van der Waals surface area (Å²) in [7, 11) is 0. The average molecular weight is 294 g/mol. The minimum Gasteiger partial charge on any atom is -0.477 e. The van der Waals surface area contributed by atoms with Crippen LogP contribution >= 0.6 is 0 Å². The maximum Gasteiger partial charge on any atom is 0.353 e. The standard InChI is InChI=1S/C17H14N2O3/c1-11-2-6-13(7-3-11)22-14-8-4-12(5-9-14)15-10-16(17(20)21)19-18-15/h2-10H,1H3,(H,18,19)(H,20,21). The van der Waals surface area contributed by atoms with Gasteiger partial charge in [0.05, 0.1) is 5.69 Å². The Kier molecular flexibility index (Phi) is 3.62. The highest BCUT2D eigenvalue weighted by atomic mass is 16.5. The minimum atomic E-state index is -1.03. The first-order valence-corrected chi connectivity index (χ1v) is 6.75. The Hall–Kier alpha value is -3.08. The van der Waals surface area contributed by atoms with Gasteiger partial charge in [-0.1, -0.05) is 17.7 Å². The first-order valence-electron chi connectivity index (χ1n) is 6.75. The summed E-state index contributed by atoms with van der Waals surface area (Å²) < 4.78 is 5.75. The van der Waals surface area contributed by atoms with Crippen LogP contribution in [-0.4, -0.2) is 21.3 Å². The van der Waals surface area contributed by atoms with Crippen LogP contribution in [0.1, 0.15) is 16.1 Å². The van der Waals surface area contributed by atoms with Gasteiger partial charge in [0, 0.05) is 5.56 Å². The van der Waals surface area contributed by atoms with Gasteiger partial charge in [-0.15, -0.1) is 0 Å². The third-order valence-electron chi connectivity index (χ3n) is 3.22. The van der Waals surface area contributed by atoms with E-state index >= 15 is 0 Å². The summed E-state index contributed by atoms with van der Waals surface area (Å²) in [6.07, 6.45) is 0. The predicted octanol–water partition coefficient (Wildman–Crippen LogP) is 3.88. The molecule has 5 nitrogen and oxygen atoms in total. The first kappa shape index (κ1) is 13.9. The highest BCUT2D eigenvalue weighted by molar-refractivity contribution is 5.86. The second-order valence-electron chi connectivity index (χ2n) is 4.91. The number of hydrogen-bond acceptors (Lipinski definition) is 3. The molecular weight excluding hydrogens is 280 g/mol. The van der Waals surface area contributed by atoms with E-state index in [1.165, 1.54) is 11.6 Å². The summed E-state index contributed by atoms with van der Waals surface area (Å²) >= 11 is 0. The number of aryl methyl sites for hydroxylation is 1. The number of hydrogen-bond donors (Lipinski definition) is 2. The summed E-state index contributed by atoms with van der Waals surface area (Å²) in [5, 5.41) is 15.3. The molecule has 0 spiro atoms. The Morgan fingerprint density at radius 3 is 2.18 bits per heavy atom. The second kappa shape index (κ2) is 5.73. The van der Waals surface area contributed by atoms with Crippen LogP contribution in [-0.2, 0) is 0 Å². The van der Waals surface area contributed by atoms with Gasteiger partial charge in [0.2, 0.25) is 0 Å². The van der Waals surface area contributed by atoms with Crippen molar-refractivity contribution in [2.24, 2.45) is 0 Å². The number of aromatic nitrogens is 2. The van der Waals surface area contributed by atoms with Gasteiger partial charge in [-0.25, -0.2) is 4.79 Å². The lowest BCUT2D eigenvalue weighted by Crippen LogP contribution is -1.95. The Balaban J connectivity index is 1.77. The molecule has 2 aromatic carbocycles. The molecule has 5 heteroatoms. The van der Waals surface area contributed by atoms with E-state index < -0.39 is 5.97 Å². The molecule has 110 valence electrons. The number of nitrogens with zero attached hydrogens (tertiary/aromatic N) is 1. The minimum absolute atomic E-state index is 0.0648. The van der Waals surface area contributed by atoms with Crippen LogP contribution in [0.25, 0.3) is 11.3 Å². The maximum atomic E-state index is 10.8. The van der Waals surface area contributed by atoms with E-state index in [9.17, 15) is 4.79 Å². The Morgan fingerprint density at radius 2 is 1.64 bits per heavy atom. The predicted molar refractivity (Wildman–Crippen MR) is 82.2 cm³/mol. The molecular formula is C17H14N2O3. The van der Waals surface area contributed by atoms with Gasteiger partial charge < -0.3 is 9.84 Å². The molecule has 0 saturated heterocycles. The molecule has 0 atom stereocenters. The van der Waals surface area contributed by atoms with Crippen molar-refractivity contribution in [2.45, 2.75) is 6.92 Å². The molecule has 0 saturated carbocycles. The van der Waals surface area contributed by atoms with Gasteiger partial charge in [-0.2, -0.15) is 5.10 Å². The van der Waals surface area contributed by atoms with E-state index in [4.69, 9.17) is 9.84 Å². The highest BCUT2D eigenvalue weighted by Gasteiger charge is 2.09. The molecule has 0 amide bonds. The zero-order valence-electron chi connectivity index (χ0n) is 11.9. The van der Waals surface area contributed by atoms with E-state index in [-0.39, 0.29) is 5.69 Å². The van der Waals surface area contributed by atoms with Gasteiger partial charge in [0.25, 0.3) is 0 Å². The van der Waals surface area contributed by atoms with Crippen LogP contribution in [0.2, 0.25) is 0 Å². The van der Waals surface area contributed by atoms with Gasteiger partial charge in [0.1, 0.15) is 17.2 Å². The summed E-state index contributed by atoms with van der Waals surface area (Å²) in [5.74, 6) is 0.450. The third kappa shape index (κ3) is 2.98. The van der Waals surface area contributed by atoms with E-state index in [0.29, 0.717) is 11.4 Å². The second-order valence-corrected chi connectivity index (χ2v) is 4.91. The molecule has 1 aromatic heterocycles. The first-order chi connectivity index (χ1) is 10.6. The number of aromatic carboxylic acids is 1. The molecule has 1 heterocycles. The summed E-state index contributed by atoms with van der Waals surface area (Å²) in [4.78, 5) is 10.8. The van der Waals surface area contributed by atoms with E-state index in [1.54, 1.807) is 0 Å². The zero-order chi connectivity index (χ0) is 15.5. The van der Waals surface area contributed by atoms with Gasteiger partial charge in [-0.3, -0.25) is 5.10 Å². The molecule has 3 aromatic rings. The van der Waals surface area contributed by atoms with Crippen molar-refractivity contribution in [1.82, 2.24) is 10.2 Å². The SMILES string of the molecule is Cc1ccc(Oc2ccc(-c3cc(C(=O)O)[nH]n3)cc2)cc1. The lowest BCUT2D eigenvalue weighted by molar-refractivity contribution is 0.0690. The number of carboxylic acids is 1. The molecule has 22 heavy (non-hydrogen) atoms. The fourth-order valence-electron chi connectivity index (χ4n) is 2.02. The molecule has 0 aliphatic heterocycles. The van der Waals surface area contributed by atoms with Crippen molar-refractivity contribution in [3.05, 3.63) is 65.9 Å². The lowest BCUT2D eigenvalue weighted by atomic mass is 10.1. The van der Waals surface area contributed by atoms with Crippen LogP contribution < -0.4 is 4.74 Å². The molecule has 0 aliphatic rings. The van der Waals surface area contributed by atoms with Crippen molar-refractivity contribution in [3.8, 4) is 22.8 Å². The van der Waals surface area contributed by atoms with Crippen LogP contribution in [0.5, 0.6) is 11.5 Å². The third-order valence-corrected chi connectivity index (χ3v) is 3.22. The van der Waals surface area contributed by atoms with Crippen LogP contribution in [0.4, 0.5) is 0 Å². The number of rotatable bonds is 4. The Bertz CT molecular complexity index is 790. The summed E-state index contributed by atoms with van der Waals surface area (Å²) in [5.41, 5.74) is 2.64. The molecule has 0 aliphatic carbocycles. The number of carbonyl (C=O) groups is 1. The highest BCUT2D eigenvalue weighted by Crippen LogP contribution is 2.25. The molecule has 0 unspecified atom stereocenters. The number of carboxylic acid groups (broad SMARTS) is 1. The van der Waals surface area contributed by atoms with Gasteiger partial charge in [-0.05, 0) is 49.4 Å². The fraction of sp³-hybridized carbons (Fsp3) is 0.0588. The average Bonchev–Trinajstić information content (AvgIpc) is 3.00. The molecule has 0 radical (unpaired) electrons. The number of aromatic amines is 1. The van der Waals surface area contributed by atoms with Crippen molar-refractivity contribution >= 4 is 5.97 Å². The largest absolute Gasteiger partial charge is 0.477 e. The fourth-order valence-corrected chi connectivity index (χ4v) is 2.02. The van der Waals surface area contributed by atoms with Crippen LogP contribution in [0.15, 0.2) is 54.6 Å². The summed E-state index contributed by atoms with van der Waals surface area (Å²) in [6, 6.07) is 16.6. The van der Waals surface area contributed by atoms with Crippen molar-refractivity contribution in [3.63, 3.8) is 0 Å². The molecule has 0 fully saturated rings. The van der Waals surface area contributed by atoms with Crippen molar-refractivity contribution in [1.29, 1.82) is 0 Å². The van der Waals surface area contributed by atoms with E-state index in [0.717, 1.165) is 11.3 Å². The number of benzene rings is 2.